The van der Waals surface area contributed by atoms with E-state index in [9.17, 15) is 10.1 Å². The number of nitrogens with zero attached hydrogens (tertiary/aromatic N) is 3. The number of hydrogen-bond donors (Lipinski definition) is 2. The second kappa shape index (κ2) is 11.4. The molecule has 98 valence electrons. The van der Waals surface area contributed by atoms with Gasteiger partial charge in [-0.05, 0) is 4.92 Å². The summed E-state index contributed by atoms with van der Waals surface area (Å²) >= 11 is 0. The number of aromatic nitrogens is 2. The van der Waals surface area contributed by atoms with Crippen molar-refractivity contribution < 1.29 is 88.4 Å². The van der Waals surface area contributed by atoms with Crippen LogP contribution in [0.5, 0.6) is 0 Å². The number of hydrogen-bond acceptors (Lipinski definition) is 7. The number of aliphatic hydroxyl groups excluding tert-OH is 1. The maximum atomic E-state index is 10.4. The number of rotatable bonds is 3. The van der Waals surface area contributed by atoms with Gasteiger partial charge in [-0.3, -0.25) is 0 Å². The summed E-state index contributed by atoms with van der Waals surface area (Å²) in [7, 11) is -5.14. The first kappa shape index (κ1) is 24.7. The van der Waals surface area contributed by atoms with Gasteiger partial charge in [-0.25, -0.2) is 9.55 Å². The van der Waals surface area contributed by atoms with Crippen molar-refractivity contribution in [2.24, 2.45) is 0 Å². The molecule has 0 unspecified atom stereocenters. The van der Waals surface area contributed by atoms with Crippen LogP contribution in [0, 0.1) is 17.0 Å². The van der Waals surface area contributed by atoms with Crippen LogP contribution in [0.3, 0.4) is 0 Å². The molecule has 0 aromatic carbocycles. The van der Waals surface area contributed by atoms with Gasteiger partial charge in [0.2, 0.25) is 0 Å². The molecule has 0 aliphatic heterocycles. The average Bonchev–Trinajstić information content (AvgIpc) is 2.46. The third-order valence-corrected chi connectivity index (χ3v) is 1.54. The molecule has 0 aliphatic rings. The zero-order valence-corrected chi connectivity index (χ0v) is 15.6. The van der Waals surface area contributed by atoms with Crippen molar-refractivity contribution >= 4 is 13.6 Å². The van der Waals surface area contributed by atoms with E-state index >= 15 is 0 Å². The van der Waals surface area contributed by atoms with Crippen LogP contribution in [0.25, 0.3) is 0 Å². The predicted octanol–water partition coefficient (Wildman–Crippen LogP) is -8.09. The first-order valence-electron chi connectivity index (χ1n) is 4.19. The van der Waals surface area contributed by atoms with Crippen LogP contribution in [0.4, 0.5) is 5.82 Å². The Labute approximate surface area is 152 Å². The number of aliphatic hydroxyl groups is 1. The fraction of sp³-hybridized carbons (Fsp3) is 0.500. The van der Waals surface area contributed by atoms with E-state index in [-0.39, 0.29) is 78.1 Å². The van der Waals surface area contributed by atoms with Crippen LogP contribution in [0.1, 0.15) is 5.82 Å². The van der Waals surface area contributed by atoms with Crippen molar-refractivity contribution in [3.63, 3.8) is 0 Å². The summed E-state index contributed by atoms with van der Waals surface area (Å²) in [6.45, 7) is 1.74. The first-order chi connectivity index (χ1) is 7.66. The van der Waals surface area contributed by atoms with Gasteiger partial charge in [0, 0.05) is 6.92 Å². The largest absolute Gasteiger partial charge is 1.00 e. The van der Waals surface area contributed by atoms with Crippen LogP contribution < -0.4 is 68.9 Å². The second-order valence-corrected chi connectivity index (χ2v) is 3.70. The van der Waals surface area contributed by atoms with Crippen molar-refractivity contribution in [1.29, 1.82) is 0 Å². The molecule has 13 heteroatoms. The molecule has 1 aromatic heterocycles. The minimum atomic E-state index is -5.14. The molecule has 19 heavy (non-hydrogen) atoms. The van der Waals surface area contributed by atoms with Gasteiger partial charge in [-0.15, -0.1) is 0 Å². The molecule has 2 N–H and O–H groups in total. The normalized spacial score (nSPS) is 9.53. The fourth-order valence-electron chi connectivity index (χ4n) is 0.978. The molecule has 0 aliphatic carbocycles. The van der Waals surface area contributed by atoms with Gasteiger partial charge in [-0.1, -0.05) is 0 Å². The number of aryl methyl sites for hydroxylation is 1. The van der Waals surface area contributed by atoms with Crippen molar-refractivity contribution in [3.05, 3.63) is 22.1 Å². The Morgan fingerprint density at radius 1 is 1.47 bits per heavy atom. The van der Waals surface area contributed by atoms with Crippen LogP contribution in [0.2, 0.25) is 0 Å². The Hall–Kier alpha value is 0.680. The molecule has 0 spiro atoms. The minimum Gasteiger partial charge on any atom is -0.790 e. The molecule has 10 nitrogen and oxygen atoms in total. The summed E-state index contributed by atoms with van der Waals surface area (Å²) in [6, 6.07) is 0. The molecule has 1 heterocycles. The van der Waals surface area contributed by atoms with Gasteiger partial charge in [-0.2, -0.15) is 0 Å². The average molecular weight is 313 g/mol. The fourth-order valence-corrected chi connectivity index (χ4v) is 0.978. The monoisotopic (exact) mass is 313 g/mol. The first-order valence-corrected chi connectivity index (χ1v) is 5.68. The number of nitro groups is 1. The molecule has 1 rings (SSSR count). The summed E-state index contributed by atoms with van der Waals surface area (Å²) in [4.78, 5) is 37.9. The molecular formula is C6H10N3Na2O7P. The Morgan fingerprint density at radius 3 is 2.21 bits per heavy atom. The van der Waals surface area contributed by atoms with Crippen LogP contribution >= 0.6 is 7.82 Å². The van der Waals surface area contributed by atoms with E-state index in [0.717, 1.165) is 0 Å². The van der Waals surface area contributed by atoms with Crippen LogP contribution in [0.15, 0.2) is 6.20 Å². The summed E-state index contributed by atoms with van der Waals surface area (Å²) in [5.41, 5.74) is 0. The van der Waals surface area contributed by atoms with Crippen molar-refractivity contribution in [2.75, 3.05) is 6.61 Å². The van der Waals surface area contributed by atoms with E-state index in [0.29, 0.717) is 5.82 Å². The van der Waals surface area contributed by atoms with Gasteiger partial charge < -0.3 is 34.5 Å². The quantitative estimate of drug-likeness (QED) is 0.240. The molecular weight excluding hydrogens is 303 g/mol. The van der Waals surface area contributed by atoms with Gasteiger partial charge in [0.15, 0.2) is 5.82 Å². The van der Waals surface area contributed by atoms with E-state index in [1.165, 1.54) is 10.8 Å². The smallest absolute Gasteiger partial charge is 0.790 e. The predicted molar refractivity (Wildman–Crippen MR) is 50.5 cm³/mol. The van der Waals surface area contributed by atoms with Crippen LogP contribution in [-0.4, -0.2) is 31.1 Å². The van der Waals surface area contributed by atoms with Crippen molar-refractivity contribution in [1.82, 2.24) is 9.55 Å². The SMILES string of the molecule is Cc1ncc([N+](=O)[O-])n1CCO.O=P([O-])([O-])O.[Na+].[Na+]. The topological polar surface area (TPSA) is 165 Å². The van der Waals surface area contributed by atoms with Crippen molar-refractivity contribution in [3.8, 4) is 0 Å². The summed E-state index contributed by atoms with van der Waals surface area (Å²) in [5, 5.41) is 19.0. The van der Waals surface area contributed by atoms with E-state index in [4.69, 9.17) is 24.4 Å². The van der Waals surface area contributed by atoms with Gasteiger partial charge in [0.1, 0.15) is 12.7 Å². The molecule has 0 fully saturated rings. The molecule has 0 amide bonds. The Morgan fingerprint density at radius 2 is 1.89 bits per heavy atom. The molecule has 1 aromatic rings. The maximum Gasteiger partial charge on any atom is 1.00 e. The molecule has 0 atom stereocenters. The third-order valence-electron chi connectivity index (χ3n) is 1.54. The minimum absolute atomic E-state index is 0. The van der Waals surface area contributed by atoms with E-state index in [1.807, 2.05) is 0 Å². The van der Waals surface area contributed by atoms with Crippen LogP contribution in [-0.2, 0) is 11.1 Å². The zero-order valence-electron chi connectivity index (χ0n) is 10.7. The molecule has 0 radical (unpaired) electrons. The number of imidazole rings is 1. The van der Waals surface area contributed by atoms with E-state index < -0.39 is 12.7 Å². The summed E-state index contributed by atoms with van der Waals surface area (Å²) in [6.07, 6.45) is 1.19. The second-order valence-electron chi connectivity index (χ2n) is 2.76. The number of phosphoric acid groups is 1. The van der Waals surface area contributed by atoms with Gasteiger partial charge >= 0.3 is 64.9 Å². The molecule has 0 bridgehead atoms. The Kier molecular flexibility index (Phi) is 14.7. The summed E-state index contributed by atoms with van der Waals surface area (Å²) in [5.74, 6) is 0.456. The van der Waals surface area contributed by atoms with E-state index in [1.54, 1.807) is 6.92 Å². The molecule has 0 saturated carbocycles. The van der Waals surface area contributed by atoms with Gasteiger partial charge in [0.05, 0.1) is 14.4 Å². The summed E-state index contributed by atoms with van der Waals surface area (Å²) < 4.78 is 10.0. The Balaban J connectivity index is -0.000000320. The standard InChI is InChI=1S/C6H9N3O3.2Na.H3O4P/c1-5-7-4-6(9(11)12)8(5)2-3-10;;;1-5(2,3)4/h4,10H,2-3H2,1H3;;;(H3,1,2,3,4)/q;2*+1;/p-2. The van der Waals surface area contributed by atoms with E-state index in [2.05, 4.69) is 4.98 Å². The van der Waals surface area contributed by atoms with Crippen molar-refractivity contribution in [2.45, 2.75) is 13.5 Å². The third kappa shape index (κ3) is 12.2. The Bertz CT molecular complexity index is 426. The maximum absolute atomic E-state index is 10.4. The van der Waals surface area contributed by atoms with Gasteiger partial charge in [0.25, 0.3) is 0 Å². The zero-order chi connectivity index (χ0) is 13.6. The molecule has 0 saturated heterocycles.